The number of rotatable bonds is 10. The molecule has 5 heteroatoms. The number of carbonyl (C=O) groups is 1. The fourth-order valence-corrected chi connectivity index (χ4v) is 20.5. The Balaban J connectivity index is 2.50. The summed E-state index contributed by atoms with van der Waals surface area (Å²) in [7, 11) is -3.67. The van der Waals surface area contributed by atoms with Crippen LogP contribution in [0.5, 0.6) is 0 Å². The van der Waals surface area contributed by atoms with E-state index < -0.39 is 16.5 Å². The van der Waals surface area contributed by atoms with Crippen molar-refractivity contribution in [2.75, 3.05) is 0 Å². The first-order valence-electron chi connectivity index (χ1n) is 12.7. The van der Waals surface area contributed by atoms with Crippen LogP contribution in [0.1, 0.15) is 99.0 Å². The Morgan fingerprint density at radius 1 is 0.562 bits per heavy atom. The molecule has 2 aromatic heterocycles. The highest BCUT2D eigenvalue weighted by Crippen LogP contribution is 2.44. The van der Waals surface area contributed by atoms with E-state index in [1.54, 1.807) is 0 Å². The number of hydrogen-bond donors (Lipinski definition) is 0. The van der Waals surface area contributed by atoms with Gasteiger partial charge in [0.15, 0.2) is 22.3 Å². The van der Waals surface area contributed by atoms with Crippen molar-refractivity contribution in [2.24, 2.45) is 0 Å². The molecule has 0 aliphatic carbocycles. The molecule has 0 spiro atoms. The molecule has 2 aromatic rings. The van der Waals surface area contributed by atoms with E-state index >= 15 is 0 Å². The van der Waals surface area contributed by atoms with E-state index in [1.807, 2.05) is 12.1 Å². The summed E-state index contributed by atoms with van der Waals surface area (Å²) in [5, 5.41) is 0. The van der Waals surface area contributed by atoms with Crippen molar-refractivity contribution < 1.29 is 4.79 Å². The normalized spacial score (nSPS) is 13.6. The Kier molecular flexibility index (Phi) is 8.31. The Morgan fingerprint density at radius 2 is 0.812 bits per heavy atom. The minimum Gasteiger partial charge on any atom is -0.379 e. The Bertz CT molecular complexity index is 787. The lowest BCUT2D eigenvalue weighted by molar-refractivity contribution is 0.103. The van der Waals surface area contributed by atoms with Crippen molar-refractivity contribution in [3.63, 3.8) is 0 Å². The van der Waals surface area contributed by atoms with Gasteiger partial charge in [0, 0.05) is 23.5 Å². The van der Waals surface area contributed by atoms with Crippen molar-refractivity contribution in [3.05, 3.63) is 48.0 Å². The van der Waals surface area contributed by atoms with Gasteiger partial charge in [-0.1, -0.05) is 83.1 Å². The van der Waals surface area contributed by atoms with Crippen LogP contribution in [0.4, 0.5) is 0 Å². The average molecular weight is 473 g/mol. The summed E-state index contributed by atoms with van der Waals surface area (Å²) in [6.45, 7) is 28.4. The maximum Gasteiger partial charge on any atom is 0.196 e. The monoisotopic (exact) mass is 472 g/mol. The van der Waals surface area contributed by atoms with Gasteiger partial charge in [-0.2, -0.15) is 0 Å². The second-order valence-corrected chi connectivity index (χ2v) is 23.2. The van der Waals surface area contributed by atoms with E-state index in [-0.39, 0.29) is 5.78 Å². The molecule has 0 bridgehead atoms. The molecule has 180 valence electrons. The van der Waals surface area contributed by atoms with Crippen LogP contribution in [0.3, 0.4) is 0 Å². The first kappa shape index (κ1) is 26.9. The van der Waals surface area contributed by atoms with E-state index in [0.29, 0.717) is 33.2 Å². The van der Waals surface area contributed by atoms with Gasteiger partial charge in [0.05, 0.1) is 0 Å². The molecule has 32 heavy (non-hydrogen) atoms. The average Bonchev–Trinajstić information content (AvgIpc) is 3.31. The third-order valence-electron chi connectivity index (χ3n) is 8.35. The zero-order valence-corrected chi connectivity index (χ0v) is 24.7. The zero-order valence-electron chi connectivity index (χ0n) is 22.7. The summed E-state index contributed by atoms with van der Waals surface area (Å²) in [5.41, 5.74) is 5.28. The van der Waals surface area contributed by atoms with Crippen molar-refractivity contribution >= 4 is 22.3 Å². The van der Waals surface area contributed by atoms with Gasteiger partial charge in [-0.25, -0.2) is 0 Å². The molecule has 3 nitrogen and oxygen atoms in total. The molecular weight excluding hydrogens is 424 g/mol. The quantitative estimate of drug-likeness (QED) is 0.251. The first-order valence-corrected chi connectivity index (χ1v) is 17.0. The molecule has 0 N–H and O–H groups in total. The molecule has 2 heterocycles. The Labute approximate surface area is 199 Å². The van der Waals surface area contributed by atoms with E-state index in [0.717, 1.165) is 11.1 Å². The van der Waals surface area contributed by atoms with Crippen molar-refractivity contribution in [1.29, 1.82) is 0 Å². The van der Waals surface area contributed by atoms with Crippen LogP contribution in [0.2, 0.25) is 33.2 Å². The molecule has 0 aliphatic heterocycles. The highest BCUT2D eigenvalue weighted by Gasteiger charge is 2.46. The number of nitrogens with zero attached hydrogens (tertiary/aromatic N) is 2. The van der Waals surface area contributed by atoms with Gasteiger partial charge in [-0.05, 0) is 57.8 Å². The lowest BCUT2D eigenvalue weighted by atomic mass is 10.1. The minimum atomic E-state index is -1.83. The third kappa shape index (κ3) is 4.15. The van der Waals surface area contributed by atoms with Gasteiger partial charge in [0.2, 0.25) is 0 Å². The highest BCUT2D eigenvalue weighted by atomic mass is 28.3. The zero-order chi connectivity index (χ0) is 24.6. The summed E-state index contributed by atoms with van der Waals surface area (Å²) >= 11 is 0. The summed E-state index contributed by atoms with van der Waals surface area (Å²) < 4.78 is 4.93. The van der Waals surface area contributed by atoms with Crippen LogP contribution in [0.15, 0.2) is 36.9 Å². The Hall–Kier alpha value is -1.34. The van der Waals surface area contributed by atoms with Gasteiger partial charge < -0.3 is 8.47 Å². The second kappa shape index (κ2) is 9.88. The smallest absolute Gasteiger partial charge is 0.196 e. The number of ketones is 1. The predicted octanol–water partition coefficient (Wildman–Crippen LogP) is 8.57. The highest BCUT2D eigenvalue weighted by molar-refractivity contribution is 6.82. The molecule has 0 fully saturated rings. The summed E-state index contributed by atoms with van der Waals surface area (Å²) in [5.74, 6) is 0.154. The molecule has 0 saturated heterocycles. The van der Waals surface area contributed by atoms with Gasteiger partial charge in [-0.3, -0.25) is 4.79 Å². The summed E-state index contributed by atoms with van der Waals surface area (Å²) in [6.07, 6.45) is 8.69. The molecule has 0 atom stereocenters. The van der Waals surface area contributed by atoms with Gasteiger partial charge >= 0.3 is 0 Å². The van der Waals surface area contributed by atoms with E-state index in [9.17, 15) is 4.79 Å². The van der Waals surface area contributed by atoms with Crippen LogP contribution in [-0.2, 0) is 0 Å². The summed E-state index contributed by atoms with van der Waals surface area (Å²) in [4.78, 5) is 13.6. The van der Waals surface area contributed by atoms with Gasteiger partial charge in [-0.15, -0.1) is 0 Å². The fourth-order valence-electron chi connectivity index (χ4n) is 7.50. The first-order chi connectivity index (χ1) is 14.7. The topological polar surface area (TPSA) is 26.9 Å². The molecular formula is C27H48N2OSi2. The molecule has 0 aliphatic rings. The van der Waals surface area contributed by atoms with E-state index in [4.69, 9.17) is 0 Å². The largest absolute Gasteiger partial charge is 0.379 e. The number of hydrogen-bond acceptors (Lipinski definition) is 1. The standard InChI is InChI=1S/C27H48N2OSi2/c1-19(2)31(20(3)4,21(5)6)28-15-13-25(17-28)27(30)26-14-16-29(18-26)32(22(7)8,23(9)10)24(11)12/h13-24H,1-12H3. The van der Waals surface area contributed by atoms with Crippen molar-refractivity contribution in [3.8, 4) is 0 Å². The van der Waals surface area contributed by atoms with Crippen LogP contribution >= 0.6 is 0 Å². The van der Waals surface area contributed by atoms with Crippen molar-refractivity contribution in [2.45, 2.75) is 116 Å². The number of aromatic nitrogens is 2. The van der Waals surface area contributed by atoms with Crippen molar-refractivity contribution in [1.82, 2.24) is 8.47 Å². The maximum absolute atomic E-state index is 13.6. The molecule has 0 saturated carbocycles. The fraction of sp³-hybridized carbons (Fsp3) is 0.667. The van der Waals surface area contributed by atoms with Crippen LogP contribution < -0.4 is 0 Å². The van der Waals surface area contributed by atoms with E-state index in [2.05, 4.69) is 116 Å². The lowest BCUT2D eigenvalue weighted by Crippen LogP contribution is -2.51. The van der Waals surface area contributed by atoms with Crippen LogP contribution in [0.25, 0.3) is 0 Å². The molecule has 0 aromatic carbocycles. The molecule has 0 amide bonds. The third-order valence-corrected chi connectivity index (χ3v) is 21.8. The van der Waals surface area contributed by atoms with E-state index in [1.165, 1.54) is 0 Å². The minimum absolute atomic E-state index is 0.154. The van der Waals surface area contributed by atoms with Crippen LogP contribution in [0, 0.1) is 0 Å². The molecule has 0 unspecified atom stereocenters. The molecule has 0 radical (unpaired) electrons. The maximum atomic E-state index is 13.6. The van der Waals surface area contributed by atoms with Crippen LogP contribution in [-0.4, -0.2) is 30.7 Å². The van der Waals surface area contributed by atoms with Gasteiger partial charge in [0.25, 0.3) is 0 Å². The Morgan fingerprint density at radius 3 is 1.03 bits per heavy atom. The molecule has 2 rings (SSSR count). The number of carbonyl (C=O) groups excluding carboxylic acids is 1. The summed E-state index contributed by atoms with van der Waals surface area (Å²) in [6, 6.07) is 4.10. The predicted molar refractivity (Wildman–Crippen MR) is 145 cm³/mol. The SMILES string of the molecule is CC(C)[Si](C(C)C)(C(C)C)n1ccc(C(=O)c2ccn([Si](C(C)C)(C(C)C)C(C)C)c2)c1. The second-order valence-electron chi connectivity index (χ2n) is 11.6. The van der Waals surface area contributed by atoms with Gasteiger partial charge in [0.1, 0.15) is 0 Å². The lowest BCUT2D eigenvalue weighted by Gasteiger charge is -2.44.